The lowest BCUT2D eigenvalue weighted by atomic mass is 10.2. The molecule has 2 rings (SSSR count). The average molecular weight is 246 g/mol. The second kappa shape index (κ2) is 4.87. The van der Waals surface area contributed by atoms with E-state index in [9.17, 15) is 4.79 Å². The summed E-state index contributed by atoms with van der Waals surface area (Å²) in [4.78, 5) is 14.8. The molecule has 0 amide bonds. The van der Waals surface area contributed by atoms with Gasteiger partial charge in [-0.05, 0) is 19.1 Å². The maximum Gasteiger partial charge on any atom is 0.354 e. The molecule has 0 saturated carbocycles. The highest BCUT2D eigenvalue weighted by molar-refractivity contribution is 5.85. The van der Waals surface area contributed by atoms with Crippen molar-refractivity contribution in [3.05, 3.63) is 41.3 Å². The van der Waals surface area contributed by atoms with Gasteiger partial charge in [0, 0.05) is 25.4 Å². The molecule has 0 spiro atoms. The Morgan fingerprint density at radius 2 is 2.28 bits per heavy atom. The number of nitrogens with zero attached hydrogens (tertiary/aromatic N) is 3. The zero-order valence-corrected chi connectivity index (χ0v) is 10.2. The van der Waals surface area contributed by atoms with Gasteiger partial charge >= 0.3 is 5.97 Å². The van der Waals surface area contributed by atoms with E-state index in [4.69, 9.17) is 5.11 Å². The van der Waals surface area contributed by atoms with Gasteiger partial charge in [-0.25, -0.2) is 9.78 Å². The third-order valence-corrected chi connectivity index (χ3v) is 2.54. The summed E-state index contributed by atoms with van der Waals surface area (Å²) < 4.78 is 1.74. The number of anilines is 1. The van der Waals surface area contributed by atoms with E-state index >= 15 is 0 Å². The Labute approximate surface area is 104 Å². The third kappa shape index (κ3) is 2.65. The van der Waals surface area contributed by atoms with Gasteiger partial charge in [0.15, 0.2) is 5.69 Å². The lowest BCUT2D eigenvalue weighted by Crippen LogP contribution is -2.05. The number of pyridine rings is 1. The number of aromatic nitrogens is 3. The molecule has 2 heterocycles. The highest BCUT2D eigenvalue weighted by Gasteiger charge is 2.06. The minimum atomic E-state index is -1.03. The molecular weight excluding hydrogens is 232 g/mol. The highest BCUT2D eigenvalue weighted by atomic mass is 16.4. The zero-order chi connectivity index (χ0) is 13.1. The average Bonchev–Trinajstić information content (AvgIpc) is 2.65. The lowest BCUT2D eigenvalue weighted by molar-refractivity contribution is 0.0690. The van der Waals surface area contributed by atoms with E-state index in [1.54, 1.807) is 16.8 Å². The maximum absolute atomic E-state index is 10.8. The van der Waals surface area contributed by atoms with Crippen LogP contribution in [0.4, 0.5) is 5.82 Å². The third-order valence-electron chi connectivity index (χ3n) is 2.54. The number of carboxylic acids is 1. The van der Waals surface area contributed by atoms with Gasteiger partial charge < -0.3 is 10.4 Å². The molecule has 0 saturated heterocycles. The van der Waals surface area contributed by atoms with Crippen molar-refractivity contribution in [1.82, 2.24) is 14.8 Å². The van der Waals surface area contributed by atoms with Gasteiger partial charge in [-0.15, -0.1) is 0 Å². The first kappa shape index (κ1) is 12.1. The van der Waals surface area contributed by atoms with E-state index < -0.39 is 5.97 Å². The van der Waals surface area contributed by atoms with Crippen molar-refractivity contribution in [2.45, 2.75) is 13.5 Å². The zero-order valence-electron chi connectivity index (χ0n) is 10.2. The normalized spacial score (nSPS) is 10.3. The molecule has 2 aromatic heterocycles. The fourth-order valence-corrected chi connectivity index (χ4v) is 1.66. The number of nitrogens with one attached hydrogen (secondary N) is 1. The van der Waals surface area contributed by atoms with Crippen LogP contribution in [0.3, 0.4) is 0 Å². The summed E-state index contributed by atoms with van der Waals surface area (Å²) >= 11 is 0. The molecule has 0 aliphatic carbocycles. The van der Waals surface area contributed by atoms with Gasteiger partial charge in [-0.1, -0.05) is 6.07 Å². The number of hydrogen-bond acceptors (Lipinski definition) is 4. The molecule has 0 bridgehead atoms. The van der Waals surface area contributed by atoms with Crippen molar-refractivity contribution in [1.29, 1.82) is 0 Å². The smallest absolute Gasteiger partial charge is 0.354 e. The van der Waals surface area contributed by atoms with Crippen LogP contribution < -0.4 is 5.32 Å². The largest absolute Gasteiger partial charge is 0.477 e. The quantitative estimate of drug-likeness (QED) is 0.853. The molecule has 0 unspecified atom stereocenters. The molecule has 6 nitrogen and oxygen atoms in total. The van der Waals surface area contributed by atoms with Crippen molar-refractivity contribution >= 4 is 11.8 Å². The molecule has 0 radical (unpaired) electrons. The van der Waals surface area contributed by atoms with Crippen LogP contribution in [0, 0.1) is 6.92 Å². The molecule has 94 valence electrons. The molecule has 2 aromatic rings. The van der Waals surface area contributed by atoms with Crippen LogP contribution in [0.25, 0.3) is 0 Å². The van der Waals surface area contributed by atoms with E-state index in [0.717, 1.165) is 11.3 Å². The lowest BCUT2D eigenvalue weighted by Gasteiger charge is -2.05. The van der Waals surface area contributed by atoms with Gasteiger partial charge in [-0.3, -0.25) is 4.68 Å². The number of hydrogen-bond donors (Lipinski definition) is 2. The molecular formula is C12H14N4O2. The minimum Gasteiger partial charge on any atom is -0.477 e. The Morgan fingerprint density at radius 3 is 2.89 bits per heavy atom. The number of aryl methyl sites for hydroxylation is 2. The van der Waals surface area contributed by atoms with Crippen LogP contribution in [0.1, 0.15) is 21.7 Å². The SMILES string of the molecule is Cc1nn(C)cc1CNc1cccc(C(=O)O)n1. The second-order valence-electron chi connectivity index (χ2n) is 3.98. The predicted octanol–water partition coefficient (Wildman–Crippen LogP) is 1.43. The van der Waals surface area contributed by atoms with E-state index in [1.165, 1.54) is 6.07 Å². The van der Waals surface area contributed by atoms with Crippen LogP contribution in [-0.2, 0) is 13.6 Å². The Morgan fingerprint density at radius 1 is 1.50 bits per heavy atom. The molecule has 0 aliphatic rings. The number of aromatic carboxylic acids is 1. The van der Waals surface area contributed by atoms with Crippen molar-refractivity contribution in [2.24, 2.45) is 7.05 Å². The summed E-state index contributed by atoms with van der Waals surface area (Å²) in [5, 5.41) is 16.2. The van der Waals surface area contributed by atoms with Crippen molar-refractivity contribution in [3.8, 4) is 0 Å². The standard InChI is InChI=1S/C12H14N4O2/c1-8-9(7-16(2)15-8)6-13-11-5-3-4-10(14-11)12(17)18/h3-5,7H,6H2,1-2H3,(H,13,14)(H,17,18). The Hall–Kier alpha value is -2.37. The Balaban J connectivity index is 2.08. The monoisotopic (exact) mass is 246 g/mol. The molecule has 6 heteroatoms. The van der Waals surface area contributed by atoms with Crippen molar-refractivity contribution < 1.29 is 9.90 Å². The van der Waals surface area contributed by atoms with Gasteiger partial charge in [0.25, 0.3) is 0 Å². The number of carbonyl (C=O) groups is 1. The van der Waals surface area contributed by atoms with E-state index in [-0.39, 0.29) is 5.69 Å². The van der Waals surface area contributed by atoms with Gasteiger partial charge in [0.1, 0.15) is 5.82 Å². The summed E-state index contributed by atoms with van der Waals surface area (Å²) in [6.45, 7) is 2.49. The van der Waals surface area contributed by atoms with E-state index in [0.29, 0.717) is 12.4 Å². The van der Waals surface area contributed by atoms with E-state index in [1.807, 2.05) is 20.2 Å². The predicted molar refractivity (Wildman–Crippen MR) is 66.5 cm³/mol. The second-order valence-corrected chi connectivity index (χ2v) is 3.98. The first-order valence-corrected chi connectivity index (χ1v) is 5.49. The van der Waals surface area contributed by atoms with Crippen LogP contribution in [0.2, 0.25) is 0 Å². The number of rotatable bonds is 4. The fraction of sp³-hybridized carbons (Fsp3) is 0.250. The Bertz CT molecular complexity index is 577. The summed E-state index contributed by atoms with van der Waals surface area (Å²) in [5.74, 6) is -0.491. The fourth-order valence-electron chi connectivity index (χ4n) is 1.66. The molecule has 18 heavy (non-hydrogen) atoms. The Kier molecular flexibility index (Phi) is 3.27. The highest BCUT2D eigenvalue weighted by Crippen LogP contribution is 2.09. The molecule has 0 aliphatic heterocycles. The van der Waals surface area contributed by atoms with Crippen molar-refractivity contribution in [2.75, 3.05) is 5.32 Å². The number of carboxylic acid groups (broad SMARTS) is 1. The summed E-state index contributed by atoms with van der Waals surface area (Å²) in [5.41, 5.74) is 2.03. The first-order chi connectivity index (χ1) is 8.56. The molecule has 2 N–H and O–H groups in total. The molecule has 0 atom stereocenters. The van der Waals surface area contributed by atoms with Gasteiger partial charge in [0.05, 0.1) is 5.69 Å². The summed E-state index contributed by atoms with van der Waals surface area (Å²) in [6, 6.07) is 4.86. The summed E-state index contributed by atoms with van der Waals surface area (Å²) in [6.07, 6.45) is 1.92. The minimum absolute atomic E-state index is 0.0305. The van der Waals surface area contributed by atoms with Crippen LogP contribution >= 0.6 is 0 Å². The molecule has 0 fully saturated rings. The topological polar surface area (TPSA) is 80.0 Å². The van der Waals surface area contributed by atoms with E-state index in [2.05, 4.69) is 15.4 Å². The van der Waals surface area contributed by atoms with Crippen LogP contribution in [-0.4, -0.2) is 25.8 Å². The van der Waals surface area contributed by atoms with Gasteiger partial charge in [-0.2, -0.15) is 5.10 Å². The van der Waals surface area contributed by atoms with Crippen LogP contribution in [0.5, 0.6) is 0 Å². The van der Waals surface area contributed by atoms with Crippen molar-refractivity contribution in [3.63, 3.8) is 0 Å². The maximum atomic E-state index is 10.8. The van der Waals surface area contributed by atoms with Crippen LogP contribution in [0.15, 0.2) is 24.4 Å². The molecule has 0 aromatic carbocycles. The van der Waals surface area contributed by atoms with Gasteiger partial charge in [0.2, 0.25) is 0 Å². The summed E-state index contributed by atoms with van der Waals surface area (Å²) in [7, 11) is 1.86. The first-order valence-electron chi connectivity index (χ1n) is 5.49.